The van der Waals surface area contributed by atoms with Crippen LogP contribution in [-0.4, -0.2) is 0 Å². The molecule has 1 heterocycles. The normalized spacial score (nSPS) is 28.5. The van der Waals surface area contributed by atoms with Crippen LogP contribution >= 0.6 is 0 Å². The third-order valence-corrected chi connectivity index (χ3v) is 17.0. The van der Waals surface area contributed by atoms with Crippen molar-refractivity contribution >= 4 is 17.1 Å². The largest absolute Gasteiger partial charge is 0.457 e. The number of ether oxygens (including phenoxy) is 1. The lowest BCUT2D eigenvalue weighted by atomic mass is 9.41. The monoisotopic (exact) mass is 765 g/mol. The lowest BCUT2D eigenvalue weighted by molar-refractivity contribution is -0.0452. The predicted octanol–water partition coefficient (Wildman–Crippen LogP) is 15.4. The van der Waals surface area contributed by atoms with Crippen LogP contribution in [-0.2, 0) is 27.1 Å². The maximum absolute atomic E-state index is 7.08. The SMILES string of the molecule is CC1(C)CCC(C)(C)c2cc(N(c3ccc4c(c3)C(C)(C)CCC4(C)C)c3ccc4c(c3)C3(c5cc(-c6ccccc6)ccc5O4)C4CC5CC(C4)CC3C5)ccc21. The van der Waals surface area contributed by atoms with E-state index in [4.69, 9.17) is 4.74 Å². The molecule has 4 saturated carbocycles. The number of rotatable bonds is 4. The molecule has 5 aromatic rings. The van der Waals surface area contributed by atoms with E-state index in [1.807, 2.05) is 0 Å². The van der Waals surface area contributed by atoms with Gasteiger partial charge in [0.2, 0.25) is 0 Å². The van der Waals surface area contributed by atoms with Gasteiger partial charge in [-0.15, -0.1) is 0 Å². The molecule has 5 aromatic carbocycles. The Balaban J connectivity index is 1.14. The number of hydrogen-bond acceptors (Lipinski definition) is 2. The average molecular weight is 766 g/mol. The van der Waals surface area contributed by atoms with Crippen LogP contribution in [0.5, 0.6) is 11.5 Å². The van der Waals surface area contributed by atoms with Crippen molar-refractivity contribution in [1.29, 1.82) is 0 Å². The van der Waals surface area contributed by atoms with Gasteiger partial charge in [0.15, 0.2) is 0 Å². The summed E-state index contributed by atoms with van der Waals surface area (Å²) in [5.74, 6) is 5.12. The summed E-state index contributed by atoms with van der Waals surface area (Å²) in [7, 11) is 0. The minimum atomic E-state index is -0.0630. The van der Waals surface area contributed by atoms with Crippen molar-refractivity contribution in [2.45, 2.75) is 140 Å². The summed E-state index contributed by atoms with van der Waals surface area (Å²) in [6.45, 7) is 19.6. The Morgan fingerprint density at radius 2 is 0.845 bits per heavy atom. The first kappa shape index (κ1) is 36.8. The molecular weight excluding hydrogens is 703 g/mol. The lowest BCUT2D eigenvalue weighted by Crippen LogP contribution is -2.57. The van der Waals surface area contributed by atoms with Gasteiger partial charge in [0.25, 0.3) is 0 Å². The summed E-state index contributed by atoms with van der Waals surface area (Å²) < 4.78 is 7.08. The first-order valence-electron chi connectivity index (χ1n) is 22.8. The second kappa shape index (κ2) is 12.4. The molecule has 1 spiro atoms. The zero-order chi connectivity index (χ0) is 40.0. The Morgan fingerprint density at radius 3 is 1.36 bits per heavy atom. The van der Waals surface area contributed by atoms with Crippen LogP contribution in [0.4, 0.5) is 17.1 Å². The van der Waals surface area contributed by atoms with Crippen molar-refractivity contribution in [3.63, 3.8) is 0 Å². The molecule has 0 aromatic heterocycles. The highest BCUT2D eigenvalue weighted by Crippen LogP contribution is 2.69. The molecule has 0 radical (unpaired) electrons. The molecule has 0 atom stereocenters. The third-order valence-electron chi connectivity index (χ3n) is 17.0. The molecule has 298 valence electrons. The topological polar surface area (TPSA) is 12.5 Å². The first-order chi connectivity index (χ1) is 27.6. The van der Waals surface area contributed by atoms with Crippen LogP contribution in [0.2, 0.25) is 0 Å². The maximum Gasteiger partial charge on any atom is 0.131 e. The van der Waals surface area contributed by atoms with E-state index in [0.29, 0.717) is 11.8 Å². The fraction of sp³-hybridized carbons (Fsp3) is 0.464. The summed E-state index contributed by atoms with van der Waals surface area (Å²) in [6, 6.07) is 40.4. The quantitative estimate of drug-likeness (QED) is 0.181. The van der Waals surface area contributed by atoms with Crippen LogP contribution in [0, 0.1) is 23.7 Å². The molecule has 0 N–H and O–H groups in total. The van der Waals surface area contributed by atoms with Crippen molar-refractivity contribution in [2.75, 3.05) is 4.90 Å². The van der Waals surface area contributed by atoms with Crippen molar-refractivity contribution in [3.8, 4) is 22.6 Å². The van der Waals surface area contributed by atoms with Gasteiger partial charge in [-0.25, -0.2) is 0 Å². The number of fused-ring (bicyclic) bond motifs is 4. The van der Waals surface area contributed by atoms with Crippen LogP contribution in [0.1, 0.15) is 147 Å². The van der Waals surface area contributed by atoms with E-state index in [-0.39, 0.29) is 27.1 Å². The number of nitrogens with zero attached hydrogens (tertiary/aromatic N) is 1. The molecule has 2 heteroatoms. The van der Waals surface area contributed by atoms with Crippen molar-refractivity contribution in [3.05, 3.63) is 137 Å². The second-order valence-corrected chi connectivity index (χ2v) is 22.4. The standard InChI is InChI=1S/C56H63NO/c1-52(2)22-24-54(5,6)46-32-41(15-18-44(46)52)57(42-16-19-45-47(33-42)55(7,8)25-23-53(45,3)4)43-17-21-51-49(34-43)56(39-27-35-26-36(29-39)30-40(56)28-35)48-31-38(14-20-50(48)58-51)37-12-10-9-11-13-37/h9-21,31-36,39-40H,22-30H2,1-8H3. The van der Waals surface area contributed by atoms with Gasteiger partial charge >= 0.3 is 0 Å². The Labute approximate surface area is 348 Å². The minimum absolute atomic E-state index is 0.0630. The molecule has 6 aliphatic carbocycles. The Morgan fingerprint density at radius 1 is 0.414 bits per heavy atom. The molecular formula is C56H63NO. The number of anilines is 3. The molecule has 4 bridgehead atoms. The molecule has 4 fully saturated rings. The maximum atomic E-state index is 7.08. The molecule has 0 amide bonds. The summed E-state index contributed by atoms with van der Waals surface area (Å²) in [5.41, 5.74) is 15.8. The van der Waals surface area contributed by atoms with Gasteiger partial charge in [0.1, 0.15) is 11.5 Å². The Bertz CT molecular complexity index is 2350. The summed E-state index contributed by atoms with van der Waals surface area (Å²) in [6.07, 6.45) is 11.6. The molecule has 2 nitrogen and oxygen atoms in total. The van der Waals surface area contributed by atoms with Gasteiger partial charge < -0.3 is 9.64 Å². The minimum Gasteiger partial charge on any atom is -0.457 e. The van der Waals surface area contributed by atoms with E-state index < -0.39 is 0 Å². The van der Waals surface area contributed by atoms with Gasteiger partial charge in [-0.2, -0.15) is 0 Å². The van der Waals surface area contributed by atoms with Crippen LogP contribution in [0.25, 0.3) is 11.1 Å². The van der Waals surface area contributed by atoms with E-state index in [1.165, 1.54) is 119 Å². The fourth-order valence-corrected chi connectivity index (χ4v) is 13.8. The van der Waals surface area contributed by atoms with Gasteiger partial charge in [-0.3, -0.25) is 0 Å². The average Bonchev–Trinajstić information content (AvgIpc) is 3.20. The van der Waals surface area contributed by atoms with E-state index in [2.05, 4.69) is 163 Å². The van der Waals surface area contributed by atoms with Gasteiger partial charge in [0, 0.05) is 33.6 Å². The third kappa shape index (κ3) is 5.34. The predicted molar refractivity (Wildman–Crippen MR) is 241 cm³/mol. The van der Waals surface area contributed by atoms with Crippen molar-refractivity contribution in [2.24, 2.45) is 23.7 Å². The second-order valence-electron chi connectivity index (χ2n) is 22.4. The fourth-order valence-electron chi connectivity index (χ4n) is 13.8. The zero-order valence-electron chi connectivity index (χ0n) is 36.3. The van der Waals surface area contributed by atoms with Gasteiger partial charge in [-0.1, -0.05) is 104 Å². The summed E-state index contributed by atoms with van der Waals surface area (Å²) in [4.78, 5) is 2.62. The van der Waals surface area contributed by atoms with E-state index in [0.717, 1.165) is 23.3 Å². The van der Waals surface area contributed by atoms with Crippen molar-refractivity contribution < 1.29 is 4.74 Å². The van der Waals surface area contributed by atoms with Crippen LogP contribution < -0.4 is 9.64 Å². The highest BCUT2D eigenvalue weighted by Gasteiger charge is 2.61. The van der Waals surface area contributed by atoms with E-state index in [9.17, 15) is 0 Å². The lowest BCUT2D eigenvalue weighted by Gasteiger charge is -2.63. The van der Waals surface area contributed by atoms with Crippen LogP contribution in [0.15, 0.2) is 103 Å². The molecule has 58 heavy (non-hydrogen) atoms. The first-order valence-corrected chi connectivity index (χ1v) is 22.8. The smallest absolute Gasteiger partial charge is 0.131 e. The highest BCUT2D eigenvalue weighted by molar-refractivity contribution is 5.81. The van der Waals surface area contributed by atoms with Crippen LogP contribution in [0.3, 0.4) is 0 Å². The molecule has 0 saturated heterocycles. The molecule has 1 aliphatic heterocycles. The van der Waals surface area contributed by atoms with Crippen molar-refractivity contribution in [1.82, 2.24) is 0 Å². The molecule has 12 rings (SSSR count). The van der Waals surface area contributed by atoms with E-state index in [1.54, 1.807) is 0 Å². The molecule has 7 aliphatic rings. The summed E-state index contributed by atoms with van der Waals surface area (Å²) >= 11 is 0. The molecule has 0 unspecified atom stereocenters. The highest BCUT2D eigenvalue weighted by atomic mass is 16.5. The van der Waals surface area contributed by atoms with E-state index >= 15 is 0 Å². The zero-order valence-corrected chi connectivity index (χ0v) is 36.3. The Hall–Kier alpha value is -4.30. The number of benzene rings is 5. The van der Waals surface area contributed by atoms with Gasteiger partial charge in [-0.05, 0) is 191 Å². The van der Waals surface area contributed by atoms with Gasteiger partial charge in [0.05, 0.1) is 0 Å². The summed E-state index contributed by atoms with van der Waals surface area (Å²) in [5, 5.41) is 0. The number of hydrogen-bond donors (Lipinski definition) is 0. The Kier molecular flexibility index (Phi) is 7.84.